The number of hydrogen-bond acceptors (Lipinski definition) is 8. The molecule has 12 heteroatoms. The second-order valence-electron chi connectivity index (χ2n) is 16.0. The number of H-pyrrole nitrogens is 1. The molecule has 6 heterocycles. The molecule has 0 saturated carbocycles. The monoisotopic (exact) mass is 758 g/mol. The lowest BCUT2D eigenvalue weighted by Crippen LogP contribution is -2.52. The lowest BCUT2D eigenvalue weighted by molar-refractivity contribution is -0.136. The van der Waals surface area contributed by atoms with Crippen molar-refractivity contribution in [3.05, 3.63) is 88.1 Å². The second kappa shape index (κ2) is 14.9. The van der Waals surface area contributed by atoms with Crippen LogP contribution < -0.4 is 20.0 Å². The van der Waals surface area contributed by atoms with E-state index < -0.39 is 6.04 Å². The van der Waals surface area contributed by atoms with Gasteiger partial charge in [0.25, 0.3) is 5.91 Å². The van der Waals surface area contributed by atoms with Crippen molar-refractivity contribution in [1.29, 1.82) is 5.26 Å². The minimum atomic E-state index is -0.587. The van der Waals surface area contributed by atoms with Crippen molar-refractivity contribution in [3.63, 3.8) is 0 Å². The molecule has 11 nitrogen and oxygen atoms in total. The predicted molar refractivity (Wildman–Crippen MR) is 215 cm³/mol. The molecule has 4 saturated heterocycles. The van der Waals surface area contributed by atoms with Gasteiger partial charge in [-0.05, 0) is 91.6 Å². The van der Waals surface area contributed by atoms with Gasteiger partial charge in [0.2, 0.25) is 11.8 Å². The molecule has 0 aliphatic carbocycles. The number of nitriles is 1. The van der Waals surface area contributed by atoms with E-state index in [1.54, 1.807) is 11.1 Å². The molecule has 1 aromatic heterocycles. The van der Waals surface area contributed by atoms with E-state index >= 15 is 0 Å². The maximum absolute atomic E-state index is 13.1. The number of anilines is 3. The number of halogens is 1. The Kier molecular flexibility index (Phi) is 9.65. The topological polar surface area (TPSA) is 119 Å². The van der Waals surface area contributed by atoms with E-state index in [0.717, 1.165) is 93.2 Å². The first-order chi connectivity index (χ1) is 26.8. The van der Waals surface area contributed by atoms with E-state index in [1.807, 2.05) is 18.2 Å². The number of amides is 3. The molecule has 9 rings (SSSR count). The summed E-state index contributed by atoms with van der Waals surface area (Å²) in [5.74, 6) is 0.385. The van der Waals surface area contributed by atoms with Gasteiger partial charge >= 0.3 is 0 Å². The van der Waals surface area contributed by atoms with Crippen molar-refractivity contribution >= 4 is 57.3 Å². The van der Waals surface area contributed by atoms with Crippen molar-refractivity contribution in [3.8, 4) is 6.07 Å². The molecule has 5 aliphatic rings. The number of aromatic amines is 1. The Bertz CT molecular complexity index is 2160. The molecule has 4 aromatic rings. The number of rotatable bonds is 7. The van der Waals surface area contributed by atoms with Crippen LogP contribution in [-0.2, 0) is 16.1 Å². The van der Waals surface area contributed by atoms with Crippen LogP contribution in [0.15, 0.2) is 60.8 Å². The number of aromatic nitrogens is 1. The number of imide groups is 1. The van der Waals surface area contributed by atoms with Gasteiger partial charge in [-0.3, -0.25) is 24.6 Å². The Morgan fingerprint density at radius 2 is 1.58 bits per heavy atom. The summed E-state index contributed by atoms with van der Waals surface area (Å²) in [6, 6.07) is 21.1. The van der Waals surface area contributed by atoms with Gasteiger partial charge in [0.05, 0.1) is 21.8 Å². The Morgan fingerprint density at radius 1 is 0.818 bits per heavy atom. The fourth-order valence-corrected chi connectivity index (χ4v) is 9.91. The third-order valence-corrected chi connectivity index (χ3v) is 13.1. The van der Waals surface area contributed by atoms with Crippen LogP contribution in [-0.4, -0.2) is 97.4 Å². The van der Waals surface area contributed by atoms with E-state index in [1.165, 1.54) is 30.5 Å². The molecular weight excluding hydrogens is 712 g/mol. The zero-order valence-corrected chi connectivity index (χ0v) is 31.9. The van der Waals surface area contributed by atoms with Gasteiger partial charge in [0, 0.05) is 106 Å². The summed E-state index contributed by atoms with van der Waals surface area (Å²) in [4.78, 5) is 52.2. The zero-order valence-electron chi connectivity index (χ0n) is 31.1. The Balaban J connectivity index is 0.745. The van der Waals surface area contributed by atoms with Crippen molar-refractivity contribution in [2.75, 3.05) is 73.6 Å². The first-order valence-electron chi connectivity index (χ1n) is 19.9. The maximum Gasteiger partial charge on any atom is 0.255 e. The summed E-state index contributed by atoms with van der Waals surface area (Å²) in [7, 11) is 0. The molecule has 2 atom stereocenters. The quantitative estimate of drug-likeness (QED) is 0.225. The van der Waals surface area contributed by atoms with Gasteiger partial charge < -0.3 is 24.6 Å². The average molecular weight is 759 g/mol. The minimum Gasteiger partial charge on any atom is -0.372 e. The highest BCUT2D eigenvalue weighted by molar-refractivity contribution is 6.36. The second-order valence-corrected chi connectivity index (χ2v) is 16.4. The molecule has 3 amide bonds. The number of nitrogens with one attached hydrogen (secondary N) is 2. The van der Waals surface area contributed by atoms with Crippen LogP contribution in [0.4, 0.5) is 17.1 Å². The van der Waals surface area contributed by atoms with E-state index in [2.05, 4.69) is 72.4 Å². The third kappa shape index (κ3) is 6.91. The number of carbonyl (C=O) groups excluding carboxylic acids is 3. The lowest BCUT2D eigenvalue weighted by Gasteiger charge is -2.40. The molecule has 0 radical (unpaired) electrons. The number of hydrogen-bond donors (Lipinski definition) is 2. The summed E-state index contributed by atoms with van der Waals surface area (Å²) in [6.45, 7) is 9.58. The van der Waals surface area contributed by atoms with Gasteiger partial charge in [-0.15, -0.1) is 0 Å². The normalized spacial score (nSPS) is 22.7. The van der Waals surface area contributed by atoms with Gasteiger partial charge in [-0.25, -0.2) is 0 Å². The highest BCUT2D eigenvalue weighted by atomic mass is 35.5. The molecule has 2 N–H and O–H groups in total. The average Bonchev–Trinajstić information content (AvgIpc) is 3.80. The lowest BCUT2D eigenvalue weighted by atomic mass is 9.89. The summed E-state index contributed by atoms with van der Waals surface area (Å²) in [5.41, 5.74) is 8.11. The van der Waals surface area contributed by atoms with Gasteiger partial charge in [-0.1, -0.05) is 23.7 Å². The van der Waals surface area contributed by atoms with Crippen molar-refractivity contribution in [2.24, 2.45) is 5.92 Å². The molecule has 3 aromatic carbocycles. The van der Waals surface area contributed by atoms with Gasteiger partial charge in [0.1, 0.15) is 12.1 Å². The summed E-state index contributed by atoms with van der Waals surface area (Å²) in [6.07, 6.45) is 7.08. The Hall–Kier alpha value is -5.05. The van der Waals surface area contributed by atoms with Crippen molar-refractivity contribution < 1.29 is 14.4 Å². The van der Waals surface area contributed by atoms with Crippen molar-refractivity contribution in [1.82, 2.24) is 20.1 Å². The molecular formula is C43H47ClN8O3. The summed E-state index contributed by atoms with van der Waals surface area (Å²) >= 11 is 6.49. The van der Waals surface area contributed by atoms with Gasteiger partial charge in [-0.2, -0.15) is 5.26 Å². The third-order valence-electron chi connectivity index (χ3n) is 12.8. The number of benzene rings is 3. The minimum absolute atomic E-state index is 0.123. The number of piperidine rings is 3. The van der Waals surface area contributed by atoms with Gasteiger partial charge in [0.15, 0.2) is 0 Å². The SMILES string of the molecule is N#Cc1c[nH]c2c(N3CCC[C@H](c4ccc(N5CCC(CN6CCN(c7ccc8c(c7)CN(C7CCC(=O)NC7=O)C8=O)CC6)CC5)cc4)C3)ccc(Cl)c12. The van der Waals surface area contributed by atoms with Crippen LogP contribution in [0, 0.1) is 17.2 Å². The maximum atomic E-state index is 13.1. The highest BCUT2D eigenvalue weighted by Gasteiger charge is 2.39. The molecule has 0 bridgehead atoms. The largest absolute Gasteiger partial charge is 0.372 e. The van der Waals surface area contributed by atoms with E-state index in [4.69, 9.17) is 11.6 Å². The molecule has 1 unspecified atom stereocenters. The zero-order chi connectivity index (χ0) is 37.6. The fraction of sp³-hybridized carbons (Fsp3) is 0.442. The molecule has 55 heavy (non-hydrogen) atoms. The molecule has 284 valence electrons. The predicted octanol–water partition coefficient (Wildman–Crippen LogP) is 5.88. The summed E-state index contributed by atoms with van der Waals surface area (Å²) < 4.78 is 0. The smallest absolute Gasteiger partial charge is 0.255 e. The number of fused-ring (bicyclic) bond motifs is 2. The Labute approximate surface area is 326 Å². The number of carbonyl (C=O) groups is 3. The van der Waals surface area contributed by atoms with Crippen LogP contribution in [0.3, 0.4) is 0 Å². The van der Waals surface area contributed by atoms with E-state index in [0.29, 0.717) is 41.0 Å². The summed E-state index contributed by atoms with van der Waals surface area (Å²) in [5, 5.41) is 13.4. The van der Waals surface area contributed by atoms with Crippen LogP contribution in [0.25, 0.3) is 10.9 Å². The fourth-order valence-electron chi connectivity index (χ4n) is 9.65. The molecule has 5 aliphatic heterocycles. The molecule has 4 fully saturated rings. The standard InChI is InChI=1S/C43H47ClN8O3/c44-36-9-10-37(41-40(36)32(23-45)24-46-41)51-15-1-2-30(26-51)29-3-5-33(6-4-29)49-16-13-28(14-17-49)25-48-18-20-50(21-19-48)34-7-8-35-31(22-34)27-52(43(35)55)38-11-12-39(53)47-42(38)54/h3-10,22,24,28,30,38,46H,1-2,11-21,25-27H2,(H,47,53,54)/t30-,38?/m0/s1. The number of piperazine rings is 1. The van der Waals surface area contributed by atoms with E-state index in [-0.39, 0.29) is 24.1 Å². The van der Waals surface area contributed by atoms with Crippen LogP contribution in [0.1, 0.15) is 71.5 Å². The number of nitrogens with zero attached hydrogens (tertiary/aromatic N) is 6. The van der Waals surface area contributed by atoms with E-state index in [9.17, 15) is 19.6 Å². The van der Waals surface area contributed by atoms with Crippen LogP contribution in [0.2, 0.25) is 5.02 Å². The highest BCUT2D eigenvalue weighted by Crippen LogP contribution is 2.38. The Morgan fingerprint density at radius 3 is 2.35 bits per heavy atom. The first-order valence-corrected chi connectivity index (χ1v) is 20.2. The van der Waals surface area contributed by atoms with Crippen LogP contribution >= 0.6 is 11.6 Å². The molecule has 0 spiro atoms. The van der Waals surface area contributed by atoms with Crippen LogP contribution in [0.5, 0.6) is 0 Å². The first kappa shape index (κ1) is 35.6. The van der Waals surface area contributed by atoms with Crippen molar-refractivity contribution in [2.45, 2.75) is 57.0 Å².